The molecule has 2 aromatic heterocycles. The van der Waals surface area contributed by atoms with Crippen molar-refractivity contribution in [2.75, 3.05) is 19.8 Å². The summed E-state index contributed by atoms with van der Waals surface area (Å²) < 4.78 is 5.69. The number of hydrogen-bond acceptors (Lipinski definition) is 4. The zero-order valence-corrected chi connectivity index (χ0v) is 14.5. The molecular formula is C17H25NOS2. The van der Waals surface area contributed by atoms with E-state index in [1.807, 2.05) is 22.7 Å². The Balaban J connectivity index is 1.75. The van der Waals surface area contributed by atoms with Crippen molar-refractivity contribution in [3.8, 4) is 0 Å². The van der Waals surface area contributed by atoms with Gasteiger partial charge in [0.15, 0.2) is 0 Å². The van der Waals surface area contributed by atoms with Crippen molar-refractivity contribution in [1.82, 2.24) is 5.32 Å². The minimum atomic E-state index is 0.400. The lowest BCUT2D eigenvalue weighted by molar-refractivity contribution is 0.123. The molecule has 2 nitrogen and oxygen atoms in total. The number of nitrogens with one attached hydrogen (secondary N) is 1. The van der Waals surface area contributed by atoms with E-state index in [0.29, 0.717) is 6.04 Å². The molecule has 21 heavy (non-hydrogen) atoms. The molecule has 0 saturated carbocycles. The van der Waals surface area contributed by atoms with Crippen LogP contribution in [0.15, 0.2) is 35.0 Å². The number of rotatable bonds is 10. The van der Waals surface area contributed by atoms with E-state index in [2.05, 4.69) is 54.2 Å². The van der Waals surface area contributed by atoms with Crippen LogP contribution in [0, 0.1) is 5.92 Å². The minimum absolute atomic E-state index is 0.400. The molecule has 2 rings (SSSR count). The largest absolute Gasteiger partial charge is 0.380 e. The van der Waals surface area contributed by atoms with Gasteiger partial charge in [-0.2, -0.15) is 0 Å². The summed E-state index contributed by atoms with van der Waals surface area (Å²) in [5.41, 5.74) is 0. The second-order valence-electron chi connectivity index (χ2n) is 5.60. The third kappa shape index (κ3) is 6.30. The molecule has 116 valence electrons. The monoisotopic (exact) mass is 323 g/mol. The Morgan fingerprint density at radius 1 is 1.10 bits per heavy atom. The Labute approximate surface area is 136 Å². The maximum atomic E-state index is 5.69. The topological polar surface area (TPSA) is 21.3 Å². The van der Waals surface area contributed by atoms with Gasteiger partial charge in [0.05, 0.1) is 6.61 Å². The molecule has 1 unspecified atom stereocenters. The van der Waals surface area contributed by atoms with E-state index in [0.717, 1.165) is 38.5 Å². The van der Waals surface area contributed by atoms with Crippen molar-refractivity contribution in [2.24, 2.45) is 5.92 Å². The lowest BCUT2D eigenvalue weighted by Gasteiger charge is -2.17. The van der Waals surface area contributed by atoms with Gasteiger partial charge in [-0.15, -0.1) is 22.7 Å². The molecular weight excluding hydrogens is 298 g/mol. The third-order valence-electron chi connectivity index (χ3n) is 3.35. The molecule has 0 saturated heterocycles. The normalized spacial score (nSPS) is 12.9. The number of thiophene rings is 2. The summed E-state index contributed by atoms with van der Waals surface area (Å²) in [6.45, 7) is 7.03. The smallest absolute Gasteiger partial charge is 0.0591 e. The van der Waals surface area contributed by atoms with E-state index in [1.54, 1.807) is 0 Å². The second kappa shape index (κ2) is 9.36. The van der Waals surface area contributed by atoms with E-state index >= 15 is 0 Å². The Morgan fingerprint density at radius 3 is 2.57 bits per heavy atom. The second-order valence-corrected chi connectivity index (χ2v) is 7.61. The highest BCUT2D eigenvalue weighted by Gasteiger charge is 2.13. The van der Waals surface area contributed by atoms with Crippen molar-refractivity contribution < 1.29 is 4.74 Å². The van der Waals surface area contributed by atoms with Crippen LogP contribution in [0.3, 0.4) is 0 Å². The van der Waals surface area contributed by atoms with Crippen LogP contribution in [0.25, 0.3) is 0 Å². The summed E-state index contributed by atoms with van der Waals surface area (Å²) in [4.78, 5) is 2.84. The SMILES string of the molecule is CC(C)CCOCCNC(Cc1cccs1)c1cccs1. The molecule has 0 aliphatic heterocycles. The predicted molar refractivity (Wildman–Crippen MR) is 93.4 cm³/mol. The third-order valence-corrected chi connectivity index (χ3v) is 5.23. The van der Waals surface area contributed by atoms with Crippen LogP contribution in [0.1, 0.15) is 36.1 Å². The number of ether oxygens (including phenoxy) is 1. The molecule has 0 aliphatic rings. The molecule has 0 aromatic carbocycles. The quantitative estimate of drug-likeness (QED) is 0.637. The van der Waals surface area contributed by atoms with Crippen LogP contribution in [-0.4, -0.2) is 19.8 Å². The van der Waals surface area contributed by atoms with Gasteiger partial charge in [0.1, 0.15) is 0 Å². The van der Waals surface area contributed by atoms with Crippen molar-refractivity contribution in [1.29, 1.82) is 0 Å². The van der Waals surface area contributed by atoms with Crippen molar-refractivity contribution in [2.45, 2.75) is 32.7 Å². The summed E-state index contributed by atoms with van der Waals surface area (Å²) in [5, 5.41) is 7.94. The highest BCUT2D eigenvalue weighted by atomic mass is 32.1. The number of hydrogen-bond donors (Lipinski definition) is 1. The molecule has 0 radical (unpaired) electrons. The van der Waals surface area contributed by atoms with E-state index in [4.69, 9.17) is 4.74 Å². The first-order valence-corrected chi connectivity index (χ1v) is 9.38. The molecule has 0 spiro atoms. The first-order chi connectivity index (χ1) is 10.3. The highest BCUT2D eigenvalue weighted by Crippen LogP contribution is 2.24. The summed E-state index contributed by atoms with van der Waals surface area (Å²) in [6.07, 6.45) is 2.20. The molecule has 4 heteroatoms. The lowest BCUT2D eigenvalue weighted by atomic mass is 10.1. The standard InChI is InChI=1S/C17H25NOS2/c1-14(2)7-9-19-10-8-18-16(17-6-4-12-21-17)13-15-5-3-11-20-15/h3-6,11-12,14,16,18H,7-10,13H2,1-2H3. The Kier molecular flexibility index (Phi) is 7.44. The Morgan fingerprint density at radius 2 is 1.90 bits per heavy atom. The van der Waals surface area contributed by atoms with E-state index < -0.39 is 0 Å². The van der Waals surface area contributed by atoms with Crippen LogP contribution in [0.4, 0.5) is 0 Å². The van der Waals surface area contributed by atoms with Crippen LogP contribution in [0.2, 0.25) is 0 Å². The molecule has 0 fully saturated rings. The Bertz CT molecular complexity index is 465. The molecule has 0 bridgehead atoms. The fourth-order valence-electron chi connectivity index (χ4n) is 2.12. The molecule has 1 atom stereocenters. The van der Waals surface area contributed by atoms with Crippen molar-refractivity contribution in [3.05, 3.63) is 44.8 Å². The average Bonchev–Trinajstić information content (AvgIpc) is 3.13. The fraction of sp³-hybridized carbons (Fsp3) is 0.529. The first-order valence-electron chi connectivity index (χ1n) is 7.62. The van der Waals surface area contributed by atoms with Gasteiger partial charge in [0, 0.05) is 35.4 Å². The fourth-order valence-corrected chi connectivity index (χ4v) is 3.67. The Hall–Kier alpha value is -0.680. The van der Waals surface area contributed by atoms with Crippen molar-refractivity contribution in [3.63, 3.8) is 0 Å². The first kappa shape index (κ1) is 16.7. The molecule has 0 amide bonds. The highest BCUT2D eigenvalue weighted by molar-refractivity contribution is 7.10. The summed E-state index contributed by atoms with van der Waals surface area (Å²) >= 11 is 3.66. The van der Waals surface area contributed by atoms with E-state index in [1.165, 1.54) is 9.75 Å². The predicted octanol–water partition coefficient (Wildman–Crippen LogP) is 4.75. The van der Waals surface area contributed by atoms with Gasteiger partial charge < -0.3 is 10.1 Å². The van der Waals surface area contributed by atoms with Gasteiger partial charge in [0.2, 0.25) is 0 Å². The van der Waals surface area contributed by atoms with Gasteiger partial charge in [-0.25, -0.2) is 0 Å². The molecule has 1 N–H and O–H groups in total. The van der Waals surface area contributed by atoms with E-state index in [9.17, 15) is 0 Å². The average molecular weight is 324 g/mol. The maximum absolute atomic E-state index is 5.69. The van der Waals surface area contributed by atoms with Gasteiger partial charge in [-0.3, -0.25) is 0 Å². The zero-order valence-electron chi connectivity index (χ0n) is 12.9. The van der Waals surface area contributed by atoms with Gasteiger partial charge in [0.25, 0.3) is 0 Å². The van der Waals surface area contributed by atoms with Crippen molar-refractivity contribution >= 4 is 22.7 Å². The van der Waals surface area contributed by atoms with Crippen LogP contribution < -0.4 is 5.32 Å². The lowest BCUT2D eigenvalue weighted by Crippen LogP contribution is -2.26. The molecule has 0 aliphatic carbocycles. The summed E-state index contributed by atoms with van der Waals surface area (Å²) in [7, 11) is 0. The van der Waals surface area contributed by atoms with Gasteiger partial charge >= 0.3 is 0 Å². The molecule has 2 heterocycles. The van der Waals surface area contributed by atoms with Gasteiger partial charge in [-0.1, -0.05) is 26.0 Å². The van der Waals surface area contributed by atoms with E-state index in [-0.39, 0.29) is 0 Å². The van der Waals surface area contributed by atoms with Crippen LogP contribution in [0.5, 0.6) is 0 Å². The van der Waals surface area contributed by atoms with Crippen LogP contribution in [-0.2, 0) is 11.2 Å². The summed E-state index contributed by atoms with van der Waals surface area (Å²) in [6, 6.07) is 9.09. The van der Waals surface area contributed by atoms with Gasteiger partial charge in [-0.05, 0) is 35.2 Å². The zero-order chi connectivity index (χ0) is 14.9. The van der Waals surface area contributed by atoms with Crippen LogP contribution >= 0.6 is 22.7 Å². The summed E-state index contributed by atoms with van der Waals surface area (Å²) in [5.74, 6) is 0.718. The maximum Gasteiger partial charge on any atom is 0.0591 e. The minimum Gasteiger partial charge on any atom is -0.380 e. The molecule has 2 aromatic rings.